The number of hydrogen-bond acceptors (Lipinski definition) is 3. The van der Waals surface area contributed by atoms with Crippen LogP contribution in [0.2, 0.25) is 0 Å². The van der Waals surface area contributed by atoms with Gasteiger partial charge >= 0.3 is 0 Å². The summed E-state index contributed by atoms with van der Waals surface area (Å²) >= 11 is 0. The first-order valence-corrected chi connectivity index (χ1v) is 7.94. The normalized spacial score (nSPS) is 22.5. The van der Waals surface area contributed by atoms with E-state index in [1.54, 1.807) is 7.11 Å². The van der Waals surface area contributed by atoms with E-state index in [0.717, 1.165) is 31.7 Å². The Morgan fingerprint density at radius 2 is 1.86 bits per heavy atom. The maximum absolute atomic E-state index is 6.65. The van der Waals surface area contributed by atoms with Gasteiger partial charge in [0, 0.05) is 0 Å². The van der Waals surface area contributed by atoms with Crippen molar-refractivity contribution in [1.82, 2.24) is 5.32 Å². The molecule has 0 saturated carbocycles. The molecule has 22 heavy (non-hydrogen) atoms. The van der Waals surface area contributed by atoms with Crippen molar-refractivity contribution in [1.29, 1.82) is 0 Å². The zero-order chi connectivity index (χ0) is 15.0. The molecule has 0 unspecified atom stereocenters. The van der Waals surface area contributed by atoms with Gasteiger partial charge in [-0.15, -0.1) is 0 Å². The molecule has 0 aliphatic carbocycles. The summed E-state index contributed by atoms with van der Waals surface area (Å²) in [6.45, 7) is 2.01. The summed E-state index contributed by atoms with van der Waals surface area (Å²) in [6.07, 6.45) is 2.05. The molecule has 1 atom stereocenters. The summed E-state index contributed by atoms with van der Waals surface area (Å²) in [6, 6.07) is 16.9. The molecule has 0 amide bonds. The lowest BCUT2D eigenvalue weighted by molar-refractivity contribution is -0.0798. The first-order chi connectivity index (χ1) is 10.8. The number of hydrogen-bond donors (Lipinski definition) is 1. The van der Waals surface area contributed by atoms with Crippen LogP contribution in [0.5, 0.6) is 5.75 Å². The number of fused-ring (bicyclic) bond motifs is 2. The van der Waals surface area contributed by atoms with Crippen molar-refractivity contribution in [3.63, 3.8) is 0 Å². The van der Waals surface area contributed by atoms with Gasteiger partial charge in [-0.2, -0.15) is 0 Å². The lowest BCUT2D eigenvalue weighted by Gasteiger charge is -2.34. The van der Waals surface area contributed by atoms with Gasteiger partial charge < -0.3 is 14.8 Å². The topological polar surface area (TPSA) is 30.5 Å². The van der Waals surface area contributed by atoms with Crippen LogP contribution in [0.25, 0.3) is 0 Å². The lowest BCUT2D eigenvalue weighted by atomic mass is 9.83. The van der Waals surface area contributed by atoms with E-state index in [2.05, 4.69) is 47.8 Å². The monoisotopic (exact) mass is 295 g/mol. The van der Waals surface area contributed by atoms with E-state index in [1.807, 2.05) is 6.07 Å². The molecule has 2 aliphatic rings. The molecule has 1 saturated heterocycles. The molecule has 2 aromatic rings. The Labute approximate surface area is 131 Å². The average molecular weight is 295 g/mol. The predicted octanol–water partition coefficient (Wildman–Crippen LogP) is 3.39. The summed E-state index contributed by atoms with van der Waals surface area (Å²) in [4.78, 5) is 0. The minimum atomic E-state index is -0.145. The fourth-order valence-electron chi connectivity index (χ4n) is 3.75. The molecular formula is C19H21NO2. The SMILES string of the molecule is COc1ccc2c(c1)[C@H](c1ccccc1)OC21CCNCC1. The second kappa shape index (κ2) is 5.41. The van der Waals surface area contributed by atoms with Crippen molar-refractivity contribution >= 4 is 0 Å². The second-order valence-electron chi connectivity index (χ2n) is 6.11. The lowest BCUT2D eigenvalue weighted by Crippen LogP contribution is -2.39. The molecule has 2 heterocycles. The molecule has 4 rings (SSSR count). The standard InChI is InChI=1S/C19H21NO2/c1-21-15-7-8-17-16(13-15)18(14-5-3-2-4-6-14)22-19(17)9-11-20-12-10-19/h2-8,13,18,20H,9-12H2,1H3/t18-/m0/s1. The molecule has 0 radical (unpaired) electrons. The van der Waals surface area contributed by atoms with Gasteiger partial charge in [0.25, 0.3) is 0 Å². The fourth-order valence-corrected chi connectivity index (χ4v) is 3.75. The molecule has 3 heteroatoms. The van der Waals surface area contributed by atoms with E-state index < -0.39 is 0 Å². The Hall–Kier alpha value is -1.84. The highest BCUT2D eigenvalue weighted by molar-refractivity contribution is 5.47. The van der Waals surface area contributed by atoms with Gasteiger partial charge in [-0.25, -0.2) is 0 Å². The van der Waals surface area contributed by atoms with Gasteiger partial charge in [0.1, 0.15) is 11.9 Å². The van der Waals surface area contributed by atoms with Crippen molar-refractivity contribution in [3.8, 4) is 5.75 Å². The zero-order valence-corrected chi connectivity index (χ0v) is 12.8. The summed E-state index contributed by atoms with van der Waals surface area (Å²) < 4.78 is 12.1. The molecule has 0 bridgehead atoms. The average Bonchev–Trinajstić information content (AvgIpc) is 2.90. The van der Waals surface area contributed by atoms with Crippen LogP contribution in [0.4, 0.5) is 0 Å². The molecular weight excluding hydrogens is 274 g/mol. The van der Waals surface area contributed by atoms with Gasteiger partial charge in [0.15, 0.2) is 0 Å². The van der Waals surface area contributed by atoms with Crippen molar-refractivity contribution in [2.45, 2.75) is 24.5 Å². The van der Waals surface area contributed by atoms with E-state index in [0.29, 0.717) is 0 Å². The van der Waals surface area contributed by atoms with E-state index in [1.165, 1.54) is 16.7 Å². The first-order valence-electron chi connectivity index (χ1n) is 7.94. The summed E-state index contributed by atoms with van der Waals surface area (Å²) in [5.74, 6) is 0.897. The smallest absolute Gasteiger partial charge is 0.119 e. The van der Waals surface area contributed by atoms with Gasteiger partial charge in [-0.05, 0) is 54.8 Å². The van der Waals surface area contributed by atoms with Crippen molar-refractivity contribution in [2.24, 2.45) is 0 Å². The zero-order valence-electron chi connectivity index (χ0n) is 12.8. The van der Waals surface area contributed by atoms with Gasteiger partial charge in [-0.3, -0.25) is 0 Å². The minimum absolute atomic E-state index is 0.00407. The second-order valence-corrected chi connectivity index (χ2v) is 6.11. The Kier molecular flexibility index (Phi) is 3.40. The Balaban J connectivity index is 1.83. The molecule has 1 N–H and O–H groups in total. The first kappa shape index (κ1) is 13.8. The Bertz CT molecular complexity index is 662. The molecule has 0 aromatic heterocycles. The predicted molar refractivity (Wildman–Crippen MR) is 86.1 cm³/mol. The molecule has 3 nitrogen and oxygen atoms in total. The third-order valence-corrected chi connectivity index (χ3v) is 4.89. The van der Waals surface area contributed by atoms with E-state index in [-0.39, 0.29) is 11.7 Å². The number of rotatable bonds is 2. The Morgan fingerprint density at radius 1 is 1.09 bits per heavy atom. The minimum Gasteiger partial charge on any atom is -0.497 e. The van der Waals surface area contributed by atoms with Gasteiger partial charge in [0.2, 0.25) is 0 Å². The van der Waals surface area contributed by atoms with E-state index >= 15 is 0 Å². The molecule has 114 valence electrons. The summed E-state index contributed by atoms with van der Waals surface area (Å²) in [5, 5.41) is 3.44. The summed E-state index contributed by atoms with van der Waals surface area (Å²) in [7, 11) is 1.72. The number of benzene rings is 2. The molecule has 1 fully saturated rings. The number of piperidine rings is 1. The van der Waals surface area contributed by atoms with Crippen LogP contribution in [0.1, 0.15) is 35.6 Å². The molecule has 2 aliphatic heterocycles. The third-order valence-electron chi connectivity index (χ3n) is 4.89. The molecule has 1 spiro atoms. The van der Waals surface area contributed by atoms with Gasteiger partial charge in [0.05, 0.1) is 12.7 Å². The van der Waals surface area contributed by atoms with Crippen molar-refractivity contribution in [3.05, 3.63) is 65.2 Å². The van der Waals surface area contributed by atoms with Gasteiger partial charge in [-0.1, -0.05) is 36.4 Å². The maximum Gasteiger partial charge on any atom is 0.119 e. The highest BCUT2D eigenvalue weighted by Crippen LogP contribution is 2.51. The van der Waals surface area contributed by atoms with Crippen LogP contribution in [-0.2, 0) is 10.3 Å². The Morgan fingerprint density at radius 3 is 2.59 bits per heavy atom. The highest BCUT2D eigenvalue weighted by Gasteiger charge is 2.46. The number of nitrogens with one attached hydrogen (secondary N) is 1. The van der Waals surface area contributed by atoms with Crippen LogP contribution in [-0.4, -0.2) is 20.2 Å². The van der Waals surface area contributed by atoms with Crippen LogP contribution < -0.4 is 10.1 Å². The maximum atomic E-state index is 6.65. The highest BCUT2D eigenvalue weighted by atomic mass is 16.5. The van der Waals surface area contributed by atoms with Crippen LogP contribution in [0, 0.1) is 0 Å². The summed E-state index contributed by atoms with van der Waals surface area (Å²) in [5.41, 5.74) is 3.66. The van der Waals surface area contributed by atoms with Crippen molar-refractivity contribution in [2.75, 3.05) is 20.2 Å². The number of methoxy groups -OCH3 is 1. The molecule has 2 aromatic carbocycles. The van der Waals surface area contributed by atoms with Crippen molar-refractivity contribution < 1.29 is 9.47 Å². The van der Waals surface area contributed by atoms with E-state index in [4.69, 9.17) is 9.47 Å². The van der Waals surface area contributed by atoms with E-state index in [9.17, 15) is 0 Å². The van der Waals surface area contributed by atoms with Crippen LogP contribution in [0.15, 0.2) is 48.5 Å². The fraction of sp³-hybridized carbons (Fsp3) is 0.368. The third kappa shape index (κ3) is 2.13. The van der Waals surface area contributed by atoms with Crippen LogP contribution in [0.3, 0.4) is 0 Å². The quantitative estimate of drug-likeness (QED) is 0.921. The van der Waals surface area contributed by atoms with Crippen LogP contribution >= 0.6 is 0 Å². The largest absolute Gasteiger partial charge is 0.497 e. The number of ether oxygens (including phenoxy) is 2.